The van der Waals surface area contributed by atoms with E-state index >= 15 is 0 Å². The van der Waals surface area contributed by atoms with Gasteiger partial charge in [0.25, 0.3) is 0 Å². The van der Waals surface area contributed by atoms with Crippen LogP contribution in [0.2, 0.25) is 0 Å². The highest BCUT2D eigenvalue weighted by Gasteiger charge is 2.30. The van der Waals surface area contributed by atoms with Crippen molar-refractivity contribution < 1.29 is 4.57 Å². The van der Waals surface area contributed by atoms with E-state index in [2.05, 4.69) is 109 Å². The van der Waals surface area contributed by atoms with Crippen LogP contribution in [0.1, 0.15) is 42.7 Å². The third-order valence-corrected chi connectivity index (χ3v) is 9.19. The lowest BCUT2D eigenvalue weighted by Gasteiger charge is -2.23. The van der Waals surface area contributed by atoms with Crippen molar-refractivity contribution in [1.82, 2.24) is 4.40 Å². The molecule has 3 heterocycles. The number of anilines is 1. The third-order valence-electron chi connectivity index (χ3n) is 9.19. The summed E-state index contributed by atoms with van der Waals surface area (Å²) in [7, 11) is 6.62. The molecule has 182 valence electrons. The van der Waals surface area contributed by atoms with Crippen molar-refractivity contribution >= 4 is 65.5 Å². The molecule has 0 unspecified atom stereocenters. The summed E-state index contributed by atoms with van der Waals surface area (Å²) in [4.78, 5) is 2.33. The van der Waals surface area contributed by atoms with Gasteiger partial charge in [-0.3, -0.25) is 0 Å². The molecule has 1 fully saturated rings. The molecule has 0 saturated heterocycles. The lowest BCUT2D eigenvalue weighted by molar-refractivity contribution is -0.643. The molecular formula is C34H32N3+. The van der Waals surface area contributed by atoms with E-state index < -0.39 is 0 Å². The molecule has 0 spiro atoms. The number of nitrogens with zero attached hydrogens (tertiary/aromatic N) is 3. The Bertz CT molecular complexity index is 2040. The Labute approximate surface area is 216 Å². The van der Waals surface area contributed by atoms with Crippen molar-refractivity contribution in [2.24, 2.45) is 7.05 Å². The molecule has 3 nitrogen and oxygen atoms in total. The first-order chi connectivity index (χ1) is 18.1. The fourth-order valence-electron chi connectivity index (χ4n) is 7.67. The van der Waals surface area contributed by atoms with Gasteiger partial charge in [0.1, 0.15) is 7.05 Å². The predicted octanol–water partition coefficient (Wildman–Crippen LogP) is 8.00. The molecule has 37 heavy (non-hydrogen) atoms. The Morgan fingerprint density at radius 2 is 1.51 bits per heavy atom. The van der Waals surface area contributed by atoms with Crippen molar-refractivity contribution in [1.29, 1.82) is 0 Å². The summed E-state index contributed by atoms with van der Waals surface area (Å²) in [5.41, 5.74) is 9.60. The summed E-state index contributed by atoms with van der Waals surface area (Å²) >= 11 is 0. The number of rotatable bonds is 2. The van der Waals surface area contributed by atoms with Gasteiger partial charge in [0.15, 0.2) is 6.20 Å². The summed E-state index contributed by atoms with van der Waals surface area (Å²) in [5.74, 6) is 0.647. The maximum absolute atomic E-state index is 2.63. The van der Waals surface area contributed by atoms with Gasteiger partial charge in [0.05, 0.1) is 33.0 Å². The second-order valence-corrected chi connectivity index (χ2v) is 11.4. The Morgan fingerprint density at radius 3 is 2.27 bits per heavy atom. The molecule has 3 aromatic heterocycles. The summed E-state index contributed by atoms with van der Waals surface area (Å²) in [6.45, 7) is 2.32. The van der Waals surface area contributed by atoms with Gasteiger partial charge in [-0.1, -0.05) is 55.3 Å². The maximum atomic E-state index is 2.63. The molecule has 8 rings (SSSR count). The van der Waals surface area contributed by atoms with Crippen LogP contribution in [0.15, 0.2) is 66.9 Å². The van der Waals surface area contributed by atoms with Crippen molar-refractivity contribution in [3.63, 3.8) is 0 Å². The average molecular weight is 483 g/mol. The van der Waals surface area contributed by atoms with Crippen LogP contribution in [-0.4, -0.2) is 18.5 Å². The van der Waals surface area contributed by atoms with E-state index in [9.17, 15) is 0 Å². The van der Waals surface area contributed by atoms with Gasteiger partial charge in [-0.25, -0.2) is 4.57 Å². The van der Waals surface area contributed by atoms with E-state index in [4.69, 9.17) is 0 Å². The highest BCUT2D eigenvalue weighted by molar-refractivity contribution is 6.31. The third kappa shape index (κ3) is 2.59. The van der Waals surface area contributed by atoms with Crippen molar-refractivity contribution in [2.45, 2.75) is 38.5 Å². The Kier molecular flexibility index (Phi) is 4.22. The minimum absolute atomic E-state index is 0.647. The molecule has 4 aromatic carbocycles. The van der Waals surface area contributed by atoms with Gasteiger partial charge in [0, 0.05) is 36.3 Å². The Balaban J connectivity index is 1.80. The summed E-state index contributed by atoms with van der Waals surface area (Å²) in [6, 6.07) is 23.0. The number of pyridine rings is 2. The number of fused-ring (bicyclic) bond motifs is 7. The largest absolute Gasteiger partial charge is 0.375 e. The first-order valence-electron chi connectivity index (χ1n) is 13.7. The van der Waals surface area contributed by atoms with Gasteiger partial charge < -0.3 is 9.30 Å². The Morgan fingerprint density at radius 1 is 0.811 bits per heavy atom. The van der Waals surface area contributed by atoms with Crippen LogP contribution < -0.4 is 9.47 Å². The van der Waals surface area contributed by atoms with E-state index in [-0.39, 0.29) is 0 Å². The van der Waals surface area contributed by atoms with Crippen molar-refractivity contribution in [2.75, 3.05) is 19.0 Å². The Hall–Kier alpha value is -3.85. The smallest absolute Gasteiger partial charge is 0.224 e. The molecule has 1 saturated carbocycles. The van der Waals surface area contributed by atoms with Crippen LogP contribution in [0, 0.1) is 6.92 Å². The lowest BCUT2D eigenvalue weighted by Crippen LogP contribution is -2.29. The number of benzene rings is 4. The number of hydrogen-bond donors (Lipinski definition) is 0. The first-order valence-corrected chi connectivity index (χ1v) is 13.7. The fraction of sp³-hybridized carbons (Fsp3) is 0.265. The number of para-hydroxylation sites is 1. The first kappa shape index (κ1) is 21.3. The van der Waals surface area contributed by atoms with Gasteiger partial charge in [-0.05, 0) is 59.7 Å². The SMILES string of the molecule is Cc1c2ccccc2c(N(C)C)c2c1c1c3c(cc[n+]1C)cc(C1CCCC1)c1c4ccccc4n2c13. The van der Waals surface area contributed by atoms with E-state index in [0.717, 1.165) is 0 Å². The fourth-order valence-corrected chi connectivity index (χ4v) is 7.67. The van der Waals surface area contributed by atoms with E-state index in [0.29, 0.717) is 5.92 Å². The molecule has 0 bridgehead atoms. The molecule has 7 aromatic rings. The molecule has 0 radical (unpaired) electrons. The zero-order chi connectivity index (χ0) is 25.0. The standard InChI is InChI=1S/C34H32N3/c1-20-23-13-7-8-14-24(23)31(35(2)3)34-28(20)32-29-22(17-18-36(32)4)19-26(21-11-5-6-12-21)30-25-15-9-10-16-27(25)37(34)33(29)30/h7-10,13-19,21H,5-6,11-12H2,1-4H3/q+1. The van der Waals surface area contributed by atoms with Crippen molar-refractivity contribution in [3.05, 3.63) is 78.0 Å². The predicted molar refractivity (Wildman–Crippen MR) is 158 cm³/mol. The molecule has 3 heteroatoms. The highest BCUT2D eigenvalue weighted by atomic mass is 15.1. The molecule has 0 aliphatic heterocycles. The van der Waals surface area contributed by atoms with Crippen LogP contribution >= 0.6 is 0 Å². The minimum Gasteiger partial charge on any atom is -0.375 e. The second kappa shape index (κ2) is 7.35. The summed E-state index contributed by atoms with van der Waals surface area (Å²) < 4.78 is 4.99. The van der Waals surface area contributed by atoms with E-state index in [1.807, 2.05) is 0 Å². The highest BCUT2D eigenvalue weighted by Crippen LogP contribution is 2.49. The second-order valence-electron chi connectivity index (χ2n) is 11.4. The molecule has 0 atom stereocenters. The van der Waals surface area contributed by atoms with Gasteiger partial charge in [-0.15, -0.1) is 0 Å². The van der Waals surface area contributed by atoms with Crippen LogP contribution in [0.4, 0.5) is 5.69 Å². The molecule has 1 aliphatic carbocycles. The molecular weight excluding hydrogens is 450 g/mol. The molecule has 0 amide bonds. The van der Waals surface area contributed by atoms with Crippen LogP contribution in [0.25, 0.3) is 59.8 Å². The van der Waals surface area contributed by atoms with E-state index in [1.165, 1.54) is 96.7 Å². The minimum atomic E-state index is 0.647. The van der Waals surface area contributed by atoms with E-state index in [1.54, 1.807) is 5.56 Å². The quantitative estimate of drug-likeness (QED) is 0.138. The number of aryl methyl sites for hydroxylation is 2. The van der Waals surface area contributed by atoms with Crippen molar-refractivity contribution in [3.8, 4) is 0 Å². The van der Waals surface area contributed by atoms with Crippen LogP contribution in [-0.2, 0) is 7.05 Å². The van der Waals surface area contributed by atoms with Gasteiger partial charge in [-0.2, -0.15) is 0 Å². The van der Waals surface area contributed by atoms with Crippen LogP contribution in [0.5, 0.6) is 0 Å². The van der Waals surface area contributed by atoms with Gasteiger partial charge >= 0.3 is 0 Å². The molecule has 1 aliphatic rings. The topological polar surface area (TPSA) is 11.5 Å². The average Bonchev–Trinajstić information content (AvgIpc) is 3.56. The van der Waals surface area contributed by atoms with Gasteiger partial charge in [0.2, 0.25) is 5.52 Å². The summed E-state index contributed by atoms with van der Waals surface area (Å²) in [5, 5.41) is 9.65. The monoisotopic (exact) mass is 482 g/mol. The normalized spacial score (nSPS) is 15.0. The molecule has 0 N–H and O–H groups in total. The number of aromatic nitrogens is 2. The number of hydrogen-bond acceptors (Lipinski definition) is 1. The summed E-state index contributed by atoms with van der Waals surface area (Å²) in [6.07, 6.45) is 7.56. The zero-order valence-electron chi connectivity index (χ0n) is 22.1. The van der Waals surface area contributed by atoms with Crippen LogP contribution in [0.3, 0.4) is 0 Å². The maximum Gasteiger partial charge on any atom is 0.224 e. The zero-order valence-corrected chi connectivity index (χ0v) is 22.1. The lowest BCUT2D eigenvalue weighted by atomic mass is 9.88.